The van der Waals surface area contributed by atoms with Crippen LogP contribution in [-0.4, -0.2) is 56.3 Å². The summed E-state index contributed by atoms with van der Waals surface area (Å²) in [5.41, 5.74) is 5.56. The first-order chi connectivity index (χ1) is 20.1. The number of fused-ring (bicyclic) bond motifs is 1. The van der Waals surface area contributed by atoms with Gasteiger partial charge in [-0.2, -0.15) is 4.37 Å². The van der Waals surface area contributed by atoms with Crippen LogP contribution < -0.4 is 10.6 Å². The van der Waals surface area contributed by atoms with Crippen molar-refractivity contribution in [2.75, 3.05) is 26.2 Å². The molecule has 0 bridgehead atoms. The molecule has 0 aliphatic heterocycles. The van der Waals surface area contributed by atoms with E-state index in [1.807, 2.05) is 18.3 Å². The number of rotatable bonds is 14. The van der Waals surface area contributed by atoms with Crippen LogP contribution in [0.2, 0.25) is 0 Å². The molecule has 3 aromatic heterocycles. The van der Waals surface area contributed by atoms with Crippen LogP contribution in [0.3, 0.4) is 0 Å². The molecule has 1 aliphatic carbocycles. The summed E-state index contributed by atoms with van der Waals surface area (Å²) in [4.78, 5) is 10.1. The highest BCUT2D eigenvalue weighted by atomic mass is 32.1. The Kier molecular flexibility index (Phi) is 10.1. The zero-order valence-electron chi connectivity index (χ0n) is 24.2. The normalized spacial score (nSPS) is 21.1. The van der Waals surface area contributed by atoms with E-state index >= 15 is 0 Å². The zero-order chi connectivity index (χ0) is 28.6. The van der Waals surface area contributed by atoms with Gasteiger partial charge in [0.2, 0.25) is 0 Å². The Bertz CT molecular complexity index is 1440. The van der Waals surface area contributed by atoms with Gasteiger partial charge in [0.1, 0.15) is 12.0 Å². The Labute approximate surface area is 247 Å². The molecule has 41 heavy (non-hydrogen) atoms. The monoisotopic (exact) mass is 570 g/mol. The first kappa shape index (κ1) is 29.3. The molecule has 0 saturated heterocycles. The molecule has 5 rings (SSSR count). The van der Waals surface area contributed by atoms with Crippen LogP contribution in [0.25, 0.3) is 21.5 Å². The van der Waals surface area contributed by atoms with Gasteiger partial charge in [-0.05, 0) is 87.4 Å². The molecule has 0 radical (unpaired) electrons. The van der Waals surface area contributed by atoms with E-state index in [-0.39, 0.29) is 12.0 Å². The molecule has 1 saturated carbocycles. The van der Waals surface area contributed by atoms with Gasteiger partial charge < -0.3 is 20.3 Å². The van der Waals surface area contributed by atoms with Crippen LogP contribution in [-0.2, 0) is 6.42 Å². The Morgan fingerprint density at radius 3 is 2.83 bits per heavy atom. The molecule has 7 nitrogen and oxygen atoms in total. The summed E-state index contributed by atoms with van der Waals surface area (Å²) < 4.78 is 6.93. The number of aliphatic hydroxyl groups excluding tert-OH is 1. The van der Waals surface area contributed by atoms with E-state index in [4.69, 9.17) is 4.37 Å². The lowest BCUT2D eigenvalue weighted by atomic mass is 9.97. The summed E-state index contributed by atoms with van der Waals surface area (Å²) in [6, 6.07) is 12.6. The second-order valence-corrected chi connectivity index (χ2v) is 11.9. The van der Waals surface area contributed by atoms with Crippen molar-refractivity contribution in [2.45, 2.75) is 51.7 Å². The molecular weight excluding hydrogens is 528 g/mol. The molecule has 0 unspecified atom stereocenters. The summed E-state index contributed by atoms with van der Waals surface area (Å²) in [5, 5.41) is 19.5. The highest BCUT2D eigenvalue weighted by Gasteiger charge is 2.41. The largest absolute Gasteiger partial charge is 0.391 e. The van der Waals surface area contributed by atoms with Crippen LogP contribution in [0.1, 0.15) is 50.4 Å². The van der Waals surface area contributed by atoms with Crippen LogP contribution in [0.4, 0.5) is 0 Å². The second kappa shape index (κ2) is 14.1. The van der Waals surface area contributed by atoms with Crippen LogP contribution in [0, 0.1) is 11.8 Å². The molecule has 1 aromatic carbocycles. The first-order valence-corrected chi connectivity index (χ1v) is 15.5. The molecule has 4 aromatic rings. The van der Waals surface area contributed by atoms with Crippen LogP contribution in [0.5, 0.6) is 0 Å². The fourth-order valence-electron chi connectivity index (χ4n) is 5.95. The van der Waals surface area contributed by atoms with Crippen molar-refractivity contribution in [3.63, 3.8) is 0 Å². The van der Waals surface area contributed by atoms with Gasteiger partial charge in [-0.15, -0.1) is 0 Å². The van der Waals surface area contributed by atoms with Crippen LogP contribution >= 0.6 is 11.5 Å². The molecule has 8 heteroatoms. The minimum Gasteiger partial charge on any atom is -0.391 e. The molecule has 4 atom stereocenters. The third kappa shape index (κ3) is 7.01. The Morgan fingerprint density at radius 2 is 2.02 bits per heavy atom. The predicted octanol–water partition coefficient (Wildman–Crippen LogP) is 5.80. The van der Waals surface area contributed by atoms with E-state index in [0.717, 1.165) is 79.0 Å². The number of benzene rings is 1. The molecule has 216 valence electrons. The average Bonchev–Trinajstić information content (AvgIpc) is 3.69. The lowest BCUT2D eigenvalue weighted by Crippen LogP contribution is -2.29. The maximum Gasteiger partial charge on any atom is 0.144 e. The van der Waals surface area contributed by atoms with Gasteiger partial charge in [0.15, 0.2) is 0 Å². The zero-order valence-corrected chi connectivity index (χ0v) is 25.0. The molecule has 3 heterocycles. The molecular formula is C33H42N6OS. The molecule has 1 fully saturated rings. The lowest BCUT2D eigenvalue weighted by molar-refractivity contribution is 0.0956. The van der Waals surface area contributed by atoms with Crippen molar-refractivity contribution in [1.82, 2.24) is 29.5 Å². The van der Waals surface area contributed by atoms with Gasteiger partial charge >= 0.3 is 0 Å². The third-order valence-corrected chi connectivity index (χ3v) is 9.32. The minimum atomic E-state index is -0.428. The second-order valence-electron chi connectivity index (χ2n) is 11.1. The standard InChI is InChI=1S/C33H42N6OS/c1-4-24(5-2)12-15-34-13-9-14-35-19-26-17-30(32(40)23(26)3)39-21-29(28-20-36-22-37-33(28)39)31-18-27(38-41-31)16-25-10-7-6-8-11-25/h4-8,10-11,18,20-23,26,30,32,34-35,40H,1,9,12-17,19H2,2-3H3/b24-5+/t23-,26-,30-,32-/m1/s1. The van der Waals surface area contributed by atoms with Crippen molar-refractivity contribution in [2.24, 2.45) is 11.8 Å². The van der Waals surface area contributed by atoms with Crippen LogP contribution in [0.15, 0.2) is 79.4 Å². The SMILES string of the molecule is C=C/C(=C\C)CCNCCCNC[C@H]1C[C@@H](n2cc(-c3cc(Cc4ccccc4)ns3)c3cncnc32)[C@H](O)[C@@H]1C. The van der Waals surface area contributed by atoms with E-state index < -0.39 is 6.10 Å². The Balaban J connectivity index is 1.20. The van der Waals surface area contributed by atoms with Gasteiger partial charge in [-0.3, -0.25) is 0 Å². The number of hydrogen-bond donors (Lipinski definition) is 3. The summed E-state index contributed by atoms with van der Waals surface area (Å²) in [5.74, 6) is 0.601. The van der Waals surface area contributed by atoms with Gasteiger partial charge in [-0.25, -0.2) is 9.97 Å². The van der Waals surface area contributed by atoms with Gasteiger partial charge in [-0.1, -0.05) is 61.6 Å². The topological polar surface area (TPSA) is 87.9 Å². The first-order valence-electron chi connectivity index (χ1n) is 14.8. The van der Waals surface area contributed by atoms with E-state index in [0.29, 0.717) is 5.92 Å². The van der Waals surface area contributed by atoms with E-state index in [2.05, 4.69) is 88.2 Å². The van der Waals surface area contributed by atoms with Gasteiger partial charge in [0.25, 0.3) is 0 Å². The van der Waals surface area contributed by atoms with E-state index in [1.54, 1.807) is 6.33 Å². The Hall–Kier alpha value is -3.17. The highest BCUT2D eigenvalue weighted by Crippen LogP contribution is 2.43. The third-order valence-electron chi connectivity index (χ3n) is 8.46. The van der Waals surface area contributed by atoms with Crippen molar-refractivity contribution in [1.29, 1.82) is 0 Å². The van der Waals surface area contributed by atoms with Crippen molar-refractivity contribution < 1.29 is 5.11 Å². The van der Waals surface area contributed by atoms with Crippen molar-refractivity contribution in [3.05, 3.63) is 90.7 Å². The number of aromatic nitrogens is 4. The lowest BCUT2D eigenvalue weighted by Gasteiger charge is -2.19. The smallest absolute Gasteiger partial charge is 0.144 e. The predicted molar refractivity (Wildman–Crippen MR) is 169 cm³/mol. The number of allylic oxidation sites excluding steroid dienone is 2. The minimum absolute atomic E-state index is 0.0213. The summed E-state index contributed by atoms with van der Waals surface area (Å²) >= 11 is 1.51. The molecule has 1 aliphatic rings. The fourth-order valence-corrected chi connectivity index (χ4v) is 6.74. The molecule has 3 N–H and O–H groups in total. The highest BCUT2D eigenvalue weighted by molar-refractivity contribution is 7.09. The van der Waals surface area contributed by atoms with Crippen molar-refractivity contribution in [3.8, 4) is 10.4 Å². The summed E-state index contributed by atoms with van der Waals surface area (Å²) in [6.07, 6.45) is 13.1. The summed E-state index contributed by atoms with van der Waals surface area (Å²) in [7, 11) is 0. The molecule has 0 spiro atoms. The average molecular weight is 571 g/mol. The quantitative estimate of drug-likeness (QED) is 0.131. The maximum atomic E-state index is 11.4. The number of aliphatic hydroxyl groups is 1. The van der Waals surface area contributed by atoms with Gasteiger partial charge in [0.05, 0.1) is 22.7 Å². The van der Waals surface area contributed by atoms with Crippen molar-refractivity contribution >= 4 is 22.6 Å². The number of hydrogen-bond acceptors (Lipinski definition) is 7. The van der Waals surface area contributed by atoms with Gasteiger partial charge in [0, 0.05) is 29.8 Å². The maximum absolute atomic E-state index is 11.4. The van der Waals surface area contributed by atoms with E-state index in [1.165, 1.54) is 22.7 Å². The fraction of sp³-hybridized carbons (Fsp3) is 0.424. The number of nitrogens with one attached hydrogen (secondary N) is 2. The number of nitrogens with zero attached hydrogens (tertiary/aromatic N) is 4. The Morgan fingerprint density at radius 1 is 1.20 bits per heavy atom. The molecule has 0 amide bonds. The van der Waals surface area contributed by atoms with E-state index in [9.17, 15) is 5.11 Å². The summed E-state index contributed by atoms with van der Waals surface area (Å²) in [6.45, 7) is 11.9.